The topological polar surface area (TPSA) is 52.2 Å². The van der Waals surface area contributed by atoms with Crippen LogP contribution in [0.1, 0.15) is 31.7 Å². The number of para-hydroxylation sites is 1. The van der Waals surface area contributed by atoms with E-state index in [9.17, 15) is 4.79 Å². The van der Waals surface area contributed by atoms with Crippen LogP contribution < -0.4 is 5.56 Å². The van der Waals surface area contributed by atoms with Gasteiger partial charge in [0, 0.05) is 6.04 Å². The molecule has 1 saturated carbocycles. The average molecular weight is 254 g/mol. The molecule has 0 aliphatic heterocycles. The molecule has 3 aromatic rings. The molecule has 0 N–H and O–H groups in total. The molecule has 2 heterocycles. The number of benzene rings is 1. The van der Waals surface area contributed by atoms with Crippen molar-refractivity contribution < 1.29 is 0 Å². The Bertz CT molecular complexity index is 811. The quantitative estimate of drug-likeness (QED) is 0.668. The smallest absolute Gasteiger partial charge is 0.263 e. The molecule has 1 aromatic carbocycles. The second-order valence-electron chi connectivity index (χ2n) is 5.13. The highest BCUT2D eigenvalue weighted by Crippen LogP contribution is 2.29. The molecule has 1 aliphatic carbocycles. The van der Waals surface area contributed by atoms with Crippen molar-refractivity contribution in [3.8, 4) is 0 Å². The van der Waals surface area contributed by atoms with Crippen LogP contribution in [-0.2, 0) is 0 Å². The first-order valence-electron chi connectivity index (χ1n) is 6.69. The molecule has 5 nitrogen and oxygen atoms in total. The number of rotatable bonds is 1. The fraction of sp³-hybridized carbons (Fsp3) is 0.357. The van der Waals surface area contributed by atoms with Crippen LogP contribution in [-0.4, -0.2) is 19.2 Å². The summed E-state index contributed by atoms with van der Waals surface area (Å²) in [6.07, 6.45) is 6.17. The third-order valence-electron chi connectivity index (χ3n) is 4.05. The molecular formula is C14H14N4O. The van der Waals surface area contributed by atoms with Gasteiger partial charge in [-0.25, -0.2) is 0 Å². The molecule has 0 atom stereocenters. The molecule has 0 radical (unpaired) electrons. The van der Waals surface area contributed by atoms with Crippen LogP contribution >= 0.6 is 0 Å². The molecule has 96 valence electrons. The molecule has 1 fully saturated rings. The van der Waals surface area contributed by atoms with Gasteiger partial charge in [0.15, 0.2) is 0 Å². The van der Waals surface area contributed by atoms with E-state index in [1.807, 2.05) is 33.2 Å². The largest absolute Gasteiger partial charge is 0.273 e. The summed E-state index contributed by atoms with van der Waals surface area (Å²) in [7, 11) is 0. The highest BCUT2D eigenvalue weighted by molar-refractivity contribution is 5.80. The number of hydrogen-bond donors (Lipinski definition) is 0. The van der Waals surface area contributed by atoms with Crippen LogP contribution in [0.3, 0.4) is 0 Å². The second-order valence-corrected chi connectivity index (χ2v) is 5.13. The maximum atomic E-state index is 12.7. The Morgan fingerprint density at radius 1 is 1.16 bits per heavy atom. The van der Waals surface area contributed by atoms with E-state index in [0.717, 1.165) is 23.7 Å². The van der Waals surface area contributed by atoms with Crippen LogP contribution in [0.5, 0.6) is 0 Å². The maximum Gasteiger partial charge on any atom is 0.263 e. The normalized spacial score (nSPS) is 16.6. The van der Waals surface area contributed by atoms with E-state index in [4.69, 9.17) is 0 Å². The number of nitrogens with zero attached hydrogens (tertiary/aromatic N) is 4. The first-order chi connectivity index (χ1) is 9.36. The van der Waals surface area contributed by atoms with E-state index in [1.54, 1.807) is 6.33 Å². The monoisotopic (exact) mass is 254 g/mol. The molecule has 19 heavy (non-hydrogen) atoms. The molecule has 5 heteroatoms. The summed E-state index contributed by atoms with van der Waals surface area (Å²) < 4.78 is 3.75. The molecule has 0 unspecified atom stereocenters. The molecule has 1 aliphatic rings. The zero-order valence-electron chi connectivity index (χ0n) is 10.5. The zero-order chi connectivity index (χ0) is 12.8. The van der Waals surface area contributed by atoms with Gasteiger partial charge in [0.05, 0.1) is 10.9 Å². The molecule has 4 rings (SSSR count). The minimum absolute atomic E-state index is 0.0583. The van der Waals surface area contributed by atoms with Crippen molar-refractivity contribution in [1.82, 2.24) is 19.2 Å². The van der Waals surface area contributed by atoms with E-state index < -0.39 is 0 Å². The van der Waals surface area contributed by atoms with E-state index in [0.29, 0.717) is 5.78 Å². The SMILES string of the molecule is O=c1c2ccccc2n2cnnc2n1C1CCCC1. The van der Waals surface area contributed by atoms with Gasteiger partial charge >= 0.3 is 0 Å². The zero-order valence-corrected chi connectivity index (χ0v) is 10.5. The minimum Gasteiger partial charge on any atom is -0.273 e. The lowest BCUT2D eigenvalue weighted by molar-refractivity contribution is 0.511. The number of fused-ring (bicyclic) bond motifs is 3. The molecule has 0 bridgehead atoms. The first kappa shape index (κ1) is 10.7. The van der Waals surface area contributed by atoms with Gasteiger partial charge in [-0.15, -0.1) is 10.2 Å². The standard InChI is InChI=1S/C14H14N4O/c19-13-11-7-3-4-8-12(11)17-9-15-16-14(17)18(13)10-5-1-2-6-10/h3-4,7-10H,1-2,5-6H2. The van der Waals surface area contributed by atoms with E-state index in [1.165, 1.54) is 12.8 Å². The molecule has 0 spiro atoms. The maximum absolute atomic E-state index is 12.7. The van der Waals surface area contributed by atoms with Gasteiger partial charge in [0.25, 0.3) is 5.56 Å². The molecular weight excluding hydrogens is 240 g/mol. The molecule has 0 saturated heterocycles. The van der Waals surface area contributed by atoms with Gasteiger partial charge in [-0.3, -0.25) is 13.8 Å². The number of hydrogen-bond acceptors (Lipinski definition) is 3. The molecule has 0 amide bonds. The van der Waals surface area contributed by atoms with Crippen LogP contribution in [0.15, 0.2) is 35.4 Å². The summed E-state index contributed by atoms with van der Waals surface area (Å²) in [6, 6.07) is 7.91. The van der Waals surface area contributed by atoms with Crippen molar-refractivity contribution in [2.45, 2.75) is 31.7 Å². The predicted molar refractivity (Wildman–Crippen MR) is 72.3 cm³/mol. The van der Waals surface area contributed by atoms with Gasteiger partial charge in [-0.2, -0.15) is 0 Å². The van der Waals surface area contributed by atoms with Gasteiger partial charge in [-0.1, -0.05) is 25.0 Å². The minimum atomic E-state index is 0.0583. The third-order valence-corrected chi connectivity index (χ3v) is 4.05. The fourth-order valence-electron chi connectivity index (χ4n) is 3.14. The van der Waals surface area contributed by atoms with Gasteiger partial charge in [0.1, 0.15) is 6.33 Å². The second kappa shape index (κ2) is 3.91. The summed E-state index contributed by atoms with van der Waals surface area (Å²) in [5, 5.41) is 8.87. The Morgan fingerprint density at radius 3 is 2.79 bits per heavy atom. The highest BCUT2D eigenvalue weighted by Gasteiger charge is 2.22. The first-order valence-corrected chi connectivity index (χ1v) is 6.69. The Labute approximate surface area is 109 Å². The van der Waals surface area contributed by atoms with Crippen molar-refractivity contribution >= 4 is 16.7 Å². The molecule has 2 aromatic heterocycles. The van der Waals surface area contributed by atoms with Crippen molar-refractivity contribution in [3.63, 3.8) is 0 Å². The Hall–Kier alpha value is -2.17. The predicted octanol–water partition coefficient (Wildman–Crippen LogP) is 2.16. The van der Waals surface area contributed by atoms with Crippen LogP contribution in [0.2, 0.25) is 0 Å². The summed E-state index contributed by atoms with van der Waals surface area (Å²) in [5.41, 5.74) is 0.935. The van der Waals surface area contributed by atoms with Crippen molar-refractivity contribution in [2.24, 2.45) is 0 Å². The lowest BCUT2D eigenvalue weighted by Gasteiger charge is -2.15. The van der Waals surface area contributed by atoms with Crippen LogP contribution in [0.25, 0.3) is 16.7 Å². The van der Waals surface area contributed by atoms with E-state index in [-0.39, 0.29) is 11.6 Å². The van der Waals surface area contributed by atoms with E-state index >= 15 is 0 Å². The lowest BCUT2D eigenvalue weighted by Crippen LogP contribution is -2.26. The Kier molecular flexibility index (Phi) is 2.21. The van der Waals surface area contributed by atoms with Gasteiger partial charge in [0.2, 0.25) is 5.78 Å². The Morgan fingerprint density at radius 2 is 1.95 bits per heavy atom. The summed E-state index contributed by atoms with van der Waals surface area (Å²) in [5.74, 6) is 0.663. The highest BCUT2D eigenvalue weighted by atomic mass is 16.1. The fourth-order valence-corrected chi connectivity index (χ4v) is 3.14. The number of aromatic nitrogens is 4. The Balaban J connectivity index is 2.17. The van der Waals surface area contributed by atoms with E-state index in [2.05, 4.69) is 10.2 Å². The average Bonchev–Trinajstić information content (AvgIpc) is 3.10. The van der Waals surface area contributed by atoms with Gasteiger partial charge < -0.3 is 0 Å². The lowest BCUT2D eigenvalue weighted by atomic mass is 10.2. The van der Waals surface area contributed by atoms with Gasteiger partial charge in [-0.05, 0) is 25.0 Å². The third kappa shape index (κ3) is 1.44. The van der Waals surface area contributed by atoms with Crippen molar-refractivity contribution in [3.05, 3.63) is 40.9 Å². The van der Waals surface area contributed by atoms with Crippen LogP contribution in [0, 0.1) is 0 Å². The summed E-state index contributed by atoms with van der Waals surface area (Å²) in [6.45, 7) is 0. The summed E-state index contributed by atoms with van der Waals surface area (Å²) >= 11 is 0. The van der Waals surface area contributed by atoms with Crippen LogP contribution in [0.4, 0.5) is 0 Å². The van der Waals surface area contributed by atoms with Crippen molar-refractivity contribution in [2.75, 3.05) is 0 Å². The van der Waals surface area contributed by atoms with Crippen molar-refractivity contribution in [1.29, 1.82) is 0 Å². The summed E-state index contributed by atoms with van der Waals surface area (Å²) in [4.78, 5) is 12.7.